The first-order valence-electron chi connectivity index (χ1n) is 8.37. The molecule has 3 rings (SSSR count). The molecule has 1 aliphatic rings. The van der Waals surface area contributed by atoms with Gasteiger partial charge in [-0.2, -0.15) is 0 Å². The predicted molar refractivity (Wildman–Crippen MR) is 98.6 cm³/mol. The molecule has 1 heterocycles. The average Bonchev–Trinajstić information content (AvgIpc) is 3.05. The van der Waals surface area contributed by atoms with Gasteiger partial charge in [0, 0.05) is 12.6 Å². The molecule has 1 amide bonds. The van der Waals surface area contributed by atoms with Crippen LogP contribution in [0.1, 0.15) is 37.5 Å². The van der Waals surface area contributed by atoms with Gasteiger partial charge < -0.3 is 14.8 Å². The van der Waals surface area contributed by atoms with E-state index in [1.165, 1.54) is 5.56 Å². The van der Waals surface area contributed by atoms with Crippen molar-refractivity contribution in [2.45, 2.75) is 32.7 Å². The number of carbonyl (C=O) groups excluding carboxylic acids is 1. The number of benzene rings is 2. The summed E-state index contributed by atoms with van der Waals surface area (Å²) in [6, 6.07) is 13.9. The molecule has 0 unspecified atom stereocenters. The molecular weight excluding hydrogens is 314 g/mol. The van der Waals surface area contributed by atoms with Crippen LogP contribution in [0.25, 0.3) is 6.08 Å². The van der Waals surface area contributed by atoms with Crippen molar-refractivity contribution < 1.29 is 14.3 Å². The van der Waals surface area contributed by atoms with Crippen LogP contribution in [0.2, 0.25) is 0 Å². The molecule has 2 aromatic carbocycles. The first kappa shape index (κ1) is 17.1. The van der Waals surface area contributed by atoms with Gasteiger partial charge in [0.15, 0.2) is 11.5 Å². The van der Waals surface area contributed by atoms with E-state index in [0.29, 0.717) is 6.54 Å². The molecule has 0 fully saturated rings. The molecule has 0 atom stereocenters. The number of hydrogen-bond acceptors (Lipinski definition) is 3. The largest absolute Gasteiger partial charge is 0.454 e. The van der Waals surface area contributed by atoms with Crippen LogP contribution in [0.4, 0.5) is 0 Å². The van der Waals surface area contributed by atoms with Crippen molar-refractivity contribution in [1.29, 1.82) is 0 Å². The van der Waals surface area contributed by atoms with Gasteiger partial charge in [-0.1, -0.05) is 51.1 Å². The molecular formula is C21H23NO3. The van der Waals surface area contributed by atoms with Crippen LogP contribution in [0, 0.1) is 0 Å². The SMILES string of the molecule is CC(C)(C)c1ccc(/C=C/C(=O)NCc2ccc3c(c2)OCO3)cc1. The van der Waals surface area contributed by atoms with E-state index in [9.17, 15) is 4.79 Å². The monoisotopic (exact) mass is 337 g/mol. The molecule has 0 aliphatic carbocycles. The van der Waals surface area contributed by atoms with Crippen molar-refractivity contribution in [2.75, 3.05) is 6.79 Å². The van der Waals surface area contributed by atoms with Crippen molar-refractivity contribution in [2.24, 2.45) is 0 Å². The molecule has 2 aromatic rings. The van der Waals surface area contributed by atoms with Gasteiger partial charge in [-0.25, -0.2) is 0 Å². The van der Waals surface area contributed by atoms with E-state index in [4.69, 9.17) is 9.47 Å². The fourth-order valence-electron chi connectivity index (χ4n) is 2.57. The third kappa shape index (κ3) is 4.41. The maximum Gasteiger partial charge on any atom is 0.244 e. The maximum absolute atomic E-state index is 12.0. The van der Waals surface area contributed by atoms with E-state index in [1.54, 1.807) is 6.08 Å². The van der Waals surface area contributed by atoms with E-state index in [-0.39, 0.29) is 18.1 Å². The first-order chi connectivity index (χ1) is 11.9. The van der Waals surface area contributed by atoms with Gasteiger partial charge in [0.1, 0.15) is 0 Å². The minimum Gasteiger partial charge on any atom is -0.454 e. The Hall–Kier alpha value is -2.75. The zero-order valence-corrected chi connectivity index (χ0v) is 14.8. The predicted octanol–water partition coefficient (Wildman–Crippen LogP) is 4.04. The van der Waals surface area contributed by atoms with Crippen molar-refractivity contribution >= 4 is 12.0 Å². The minimum atomic E-state index is -0.127. The Morgan fingerprint density at radius 1 is 1.08 bits per heavy atom. The molecule has 130 valence electrons. The Balaban J connectivity index is 1.54. The van der Waals surface area contributed by atoms with Gasteiger partial charge in [-0.3, -0.25) is 4.79 Å². The Morgan fingerprint density at radius 3 is 2.52 bits per heavy atom. The molecule has 0 radical (unpaired) electrons. The standard InChI is InChI=1S/C21H23NO3/c1-21(2,3)17-8-4-15(5-9-17)7-11-20(23)22-13-16-6-10-18-19(12-16)25-14-24-18/h4-12H,13-14H2,1-3H3,(H,22,23)/b11-7+. The van der Waals surface area contributed by atoms with Gasteiger partial charge in [0.25, 0.3) is 0 Å². The summed E-state index contributed by atoms with van der Waals surface area (Å²) >= 11 is 0. The Morgan fingerprint density at radius 2 is 1.80 bits per heavy atom. The van der Waals surface area contributed by atoms with E-state index < -0.39 is 0 Å². The second kappa shape index (κ2) is 7.01. The lowest BCUT2D eigenvalue weighted by Crippen LogP contribution is -2.20. The molecule has 0 saturated heterocycles. The zero-order valence-electron chi connectivity index (χ0n) is 14.8. The van der Waals surface area contributed by atoms with Crippen molar-refractivity contribution in [3.63, 3.8) is 0 Å². The Labute approximate surface area is 148 Å². The number of hydrogen-bond donors (Lipinski definition) is 1. The highest BCUT2D eigenvalue weighted by Crippen LogP contribution is 2.32. The van der Waals surface area contributed by atoms with Crippen molar-refractivity contribution in [1.82, 2.24) is 5.32 Å². The van der Waals surface area contributed by atoms with Crippen LogP contribution in [0.5, 0.6) is 11.5 Å². The number of nitrogens with one attached hydrogen (secondary N) is 1. The highest BCUT2D eigenvalue weighted by Gasteiger charge is 2.13. The molecule has 4 heteroatoms. The lowest BCUT2D eigenvalue weighted by atomic mass is 9.87. The van der Waals surface area contributed by atoms with Gasteiger partial charge >= 0.3 is 0 Å². The molecule has 0 bridgehead atoms. The van der Waals surface area contributed by atoms with Gasteiger partial charge in [0.2, 0.25) is 12.7 Å². The maximum atomic E-state index is 12.0. The molecule has 1 aliphatic heterocycles. The zero-order chi connectivity index (χ0) is 17.9. The van der Waals surface area contributed by atoms with Crippen molar-refractivity contribution in [3.05, 3.63) is 65.2 Å². The fourth-order valence-corrected chi connectivity index (χ4v) is 2.57. The van der Waals surface area contributed by atoms with Gasteiger partial charge in [-0.05, 0) is 40.3 Å². The summed E-state index contributed by atoms with van der Waals surface area (Å²) in [7, 11) is 0. The van der Waals surface area contributed by atoms with Crippen LogP contribution in [-0.2, 0) is 16.8 Å². The molecule has 25 heavy (non-hydrogen) atoms. The highest BCUT2D eigenvalue weighted by molar-refractivity contribution is 5.91. The summed E-state index contributed by atoms with van der Waals surface area (Å²) < 4.78 is 10.6. The van der Waals surface area contributed by atoms with Crippen LogP contribution < -0.4 is 14.8 Å². The third-order valence-corrected chi connectivity index (χ3v) is 4.11. The fraction of sp³-hybridized carbons (Fsp3) is 0.286. The normalized spacial score (nSPS) is 13.2. The van der Waals surface area contributed by atoms with E-state index in [1.807, 2.05) is 36.4 Å². The molecule has 1 N–H and O–H groups in total. The second-order valence-corrected chi connectivity index (χ2v) is 7.11. The van der Waals surface area contributed by atoms with Gasteiger partial charge in [-0.15, -0.1) is 0 Å². The summed E-state index contributed by atoms with van der Waals surface area (Å²) in [5.41, 5.74) is 3.38. The molecule has 4 nitrogen and oxygen atoms in total. The highest BCUT2D eigenvalue weighted by atomic mass is 16.7. The summed E-state index contributed by atoms with van der Waals surface area (Å²) in [5, 5.41) is 2.87. The number of ether oxygens (including phenoxy) is 2. The van der Waals surface area contributed by atoms with Crippen LogP contribution in [0.3, 0.4) is 0 Å². The smallest absolute Gasteiger partial charge is 0.244 e. The number of fused-ring (bicyclic) bond motifs is 1. The van der Waals surface area contributed by atoms with E-state index in [0.717, 1.165) is 22.6 Å². The summed E-state index contributed by atoms with van der Waals surface area (Å²) in [4.78, 5) is 12.0. The quantitative estimate of drug-likeness (QED) is 0.857. The lowest BCUT2D eigenvalue weighted by Gasteiger charge is -2.18. The number of carbonyl (C=O) groups is 1. The summed E-state index contributed by atoms with van der Waals surface area (Å²) in [6.07, 6.45) is 3.38. The average molecular weight is 337 g/mol. The van der Waals surface area contributed by atoms with E-state index >= 15 is 0 Å². The molecule has 0 aromatic heterocycles. The van der Waals surface area contributed by atoms with E-state index in [2.05, 4.69) is 38.2 Å². The lowest BCUT2D eigenvalue weighted by molar-refractivity contribution is -0.116. The van der Waals surface area contributed by atoms with Crippen molar-refractivity contribution in [3.8, 4) is 11.5 Å². The Kier molecular flexibility index (Phi) is 4.79. The summed E-state index contributed by atoms with van der Waals surface area (Å²) in [6.45, 7) is 7.24. The molecule has 0 saturated carbocycles. The van der Waals surface area contributed by atoms with Crippen LogP contribution in [-0.4, -0.2) is 12.7 Å². The van der Waals surface area contributed by atoms with Crippen LogP contribution >= 0.6 is 0 Å². The minimum absolute atomic E-state index is 0.127. The third-order valence-electron chi connectivity index (χ3n) is 4.11. The Bertz CT molecular complexity index is 786. The van der Waals surface area contributed by atoms with Gasteiger partial charge in [0.05, 0.1) is 0 Å². The number of amides is 1. The topological polar surface area (TPSA) is 47.6 Å². The molecule has 0 spiro atoms. The number of rotatable bonds is 4. The summed E-state index contributed by atoms with van der Waals surface area (Å²) in [5.74, 6) is 1.34. The van der Waals surface area contributed by atoms with Crippen LogP contribution in [0.15, 0.2) is 48.5 Å². The second-order valence-electron chi connectivity index (χ2n) is 7.11. The first-order valence-corrected chi connectivity index (χ1v) is 8.37.